The topological polar surface area (TPSA) is 45.8 Å². The molecule has 0 aliphatic rings. The van der Waals surface area contributed by atoms with Gasteiger partial charge in [0.05, 0.1) is 16.9 Å². The second-order valence-corrected chi connectivity index (χ2v) is 2.24. The molecule has 0 unspecified atom stereocenters. The zero-order chi connectivity index (χ0) is 8.97. The van der Waals surface area contributed by atoms with Gasteiger partial charge >= 0.3 is 0 Å². The summed E-state index contributed by atoms with van der Waals surface area (Å²) in [6, 6.07) is 0. The van der Waals surface area contributed by atoms with Gasteiger partial charge in [0.1, 0.15) is 0 Å². The molecule has 62 valence electrons. The van der Waals surface area contributed by atoms with Crippen LogP contribution >= 0.6 is 0 Å². The fraction of sp³-hybridized carbons (Fsp3) is 0.111. The average molecular weight is 162 g/mol. The van der Waals surface area contributed by atoms with Gasteiger partial charge in [0.25, 0.3) is 5.56 Å². The minimum absolute atomic E-state index is 0.190. The molecule has 1 aromatic rings. The second kappa shape index (κ2) is 3.67. The molecule has 0 aromatic carbocycles. The van der Waals surface area contributed by atoms with Crippen LogP contribution in [0.3, 0.4) is 0 Å². The summed E-state index contributed by atoms with van der Waals surface area (Å²) in [7, 11) is 0. The predicted molar refractivity (Wildman–Crippen MR) is 48.9 cm³/mol. The summed E-state index contributed by atoms with van der Waals surface area (Å²) in [6.45, 7) is 5.39. The Bertz CT molecular complexity index is 442. The molecule has 0 atom stereocenters. The van der Waals surface area contributed by atoms with E-state index in [0.29, 0.717) is 0 Å². The van der Waals surface area contributed by atoms with Crippen LogP contribution in [0.1, 0.15) is 6.92 Å². The summed E-state index contributed by atoms with van der Waals surface area (Å²) < 4.78 is 0. The molecule has 0 saturated carbocycles. The van der Waals surface area contributed by atoms with E-state index in [1.54, 1.807) is 18.2 Å². The van der Waals surface area contributed by atoms with E-state index < -0.39 is 0 Å². The highest BCUT2D eigenvalue weighted by atomic mass is 16.1. The molecule has 0 bridgehead atoms. The SMILES string of the molecule is C=C/C=c1/ncc(=O)[nH]/c1=C/C. The maximum atomic E-state index is 10.8. The average Bonchev–Trinajstić information content (AvgIpc) is 2.08. The quantitative estimate of drug-likeness (QED) is 0.607. The molecule has 0 saturated heterocycles. The molecule has 0 aliphatic carbocycles. The molecule has 0 radical (unpaired) electrons. The van der Waals surface area contributed by atoms with Gasteiger partial charge in [-0.25, -0.2) is 4.98 Å². The highest BCUT2D eigenvalue weighted by Gasteiger charge is 1.84. The number of aromatic amines is 1. The van der Waals surface area contributed by atoms with Gasteiger partial charge in [-0.15, -0.1) is 0 Å². The lowest BCUT2D eigenvalue weighted by molar-refractivity contribution is 1.05. The summed E-state index contributed by atoms with van der Waals surface area (Å²) in [5.74, 6) is 0. The van der Waals surface area contributed by atoms with Crippen molar-refractivity contribution in [2.45, 2.75) is 6.92 Å². The summed E-state index contributed by atoms with van der Waals surface area (Å²) in [5, 5.41) is 1.45. The normalized spacial score (nSPS) is 13.4. The first-order valence-electron chi connectivity index (χ1n) is 3.62. The van der Waals surface area contributed by atoms with Crippen LogP contribution in [0.2, 0.25) is 0 Å². The van der Waals surface area contributed by atoms with Crippen LogP contribution < -0.4 is 16.3 Å². The van der Waals surface area contributed by atoms with Crippen LogP contribution in [-0.2, 0) is 0 Å². The summed E-state index contributed by atoms with van der Waals surface area (Å²) in [5.41, 5.74) is -0.190. The van der Waals surface area contributed by atoms with E-state index in [-0.39, 0.29) is 5.56 Å². The Morgan fingerprint density at radius 3 is 3.00 bits per heavy atom. The highest BCUT2D eigenvalue weighted by molar-refractivity contribution is 5.33. The Hall–Kier alpha value is -1.64. The van der Waals surface area contributed by atoms with Gasteiger partial charge in [0, 0.05) is 0 Å². The molecule has 0 spiro atoms. The number of hydrogen-bond acceptors (Lipinski definition) is 2. The molecule has 1 aromatic heterocycles. The van der Waals surface area contributed by atoms with Crippen molar-refractivity contribution in [2.75, 3.05) is 0 Å². The molecule has 1 rings (SSSR count). The first-order valence-corrected chi connectivity index (χ1v) is 3.62. The second-order valence-electron chi connectivity index (χ2n) is 2.24. The Balaban J connectivity index is 3.63. The van der Waals surface area contributed by atoms with E-state index in [0.717, 1.165) is 10.7 Å². The molecule has 0 aliphatic heterocycles. The van der Waals surface area contributed by atoms with Crippen molar-refractivity contribution in [1.82, 2.24) is 9.97 Å². The monoisotopic (exact) mass is 162 g/mol. The van der Waals surface area contributed by atoms with Gasteiger partial charge in [-0.05, 0) is 13.0 Å². The van der Waals surface area contributed by atoms with Crippen LogP contribution in [0.25, 0.3) is 12.2 Å². The number of hydrogen-bond donors (Lipinski definition) is 1. The molecule has 1 heterocycles. The smallest absolute Gasteiger partial charge is 0.266 e. The van der Waals surface area contributed by atoms with E-state index in [2.05, 4.69) is 16.5 Å². The van der Waals surface area contributed by atoms with Crippen molar-refractivity contribution < 1.29 is 0 Å². The van der Waals surface area contributed by atoms with Crippen LogP contribution in [0.5, 0.6) is 0 Å². The molecule has 1 N–H and O–H groups in total. The lowest BCUT2D eigenvalue weighted by atomic mass is 10.4. The number of allylic oxidation sites excluding steroid dienone is 1. The molecule has 3 heteroatoms. The third kappa shape index (κ3) is 1.69. The van der Waals surface area contributed by atoms with Crippen molar-refractivity contribution >= 4 is 12.2 Å². The zero-order valence-corrected chi connectivity index (χ0v) is 6.87. The lowest BCUT2D eigenvalue weighted by Gasteiger charge is -1.86. The van der Waals surface area contributed by atoms with Crippen LogP contribution in [-0.4, -0.2) is 9.97 Å². The fourth-order valence-electron chi connectivity index (χ4n) is 0.891. The van der Waals surface area contributed by atoms with Gasteiger partial charge in [0.15, 0.2) is 0 Å². The van der Waals surface area contributed by atoms with Crippen molar-refractivity contribution in [2.24, 2.45) is 0 Å². The molecular formula is C9H10N2O. The largest absolute Gasteiger partial charge is 0.320 e. The zero-order valence-electron chi connectivity index (χ0n) is 6.87. The molecular weight excluding hydrogens is 152 g/mol. The summed E-state index contributed by atoms with van der Waals surface area (Å²) >= 11 is 0. The standard InChI is InChI=1S/C9H10N2O/c1-3-5-8-7(4-2)11-9(12)6-10-8/h3-6H,1H2,2H3,(H,11,12)/b7-4+,8-5+. The number of H-pyrrole nitrogens is 1. The van der Waals surface area contributed by atoms with Crippen LogP contribution in [0, 0.1) is 0 Å². The Morgan fingerprint density at radius 1 is 1.67 bits per heavy atom. The number of rotatable bonds is 1. The Kier molecular flexibility index (Phi) is 2.58. The number of nitrogens with zero attached hydrogens (tertiary/aromatic N) is 1. The van der Waals surface area contributed by atoms with E-state index in [1.165, 1.54) is 6.20 Å². The molecule has 0 amide bonds. The third-order valence-electron chi connectivity index (χ3n) is 1.42. The highest BCUT2D eigenvalue weighted by Crippen LogP contribution is 1.60. The van der Waals surface area contributed by atoms with Crippen molar-refractivity contribution in [1.29, 1.82) is 0 Å². The Morgan fingerprint density at radius 2 is 2.42 bits per heavy atom. The summed E-state index contributed by atoms with van der Waals surface area (Å²) in [6.07, 6.45) is 6.42. The van der Waals surface area contributed by atoms with Gasteiger partial charge in [-0.2, -0.15) is 0 Å². The van der Waals surface area contributed by atoms with E-state index in [1.807, 2.05) is 6.92 Å². The van der Waals surface area contributed by atoms with Gasteiger partial charge < -0.3 is 4.98 Å². The van der Waals surface area contributed by atoms with E-state index in [4.69, 9.17) is 0 Å². The summed E-state index contributed by atoms with van der Waals surface area (Å²) in [4.78, 5) is 17.4. The number of aromatic nitrogens is 2. The van der Waals surface area contributed by atoms with Gasteiger partial charge in [-0.3, -0.25) is 4.79 Å². The maximum absolute atomic E-state index is 10.8. The number of nitrogens with one attached hydrogen (secondary N) is 1. The van der Waals surface area contributed by atoms with Crippen molar-refractivity contribution in [3.8, 4) is 0 Å². The van der Waals surface area contributed by atoms with Crippen molar-refractivity contribution in [3.63, 3.8) is 0 Å². The molecule has 12 heavy (non-hydrogen) atoms. The van der Waals surface area contributed by atoms with Crippen LogP contribution in [0.4, 0.5) is 0 Å². The first kappa shape index (κ1) is 8.46. The first-order chi connectivity index (χ1) is 5.77. The van der Waals surface area contributed by atoms with E-state index >= 15 is 0 Å². The minimum atomic E-state index is -0.190. The Labute approximate surface area is 69.8 Å². The van der Waals surface area contributed by atoms with Gasteiger partial charge in [0.2, 0.25) is 0 Å². The van der Waals surface area contributed by atoms with Gasteiger partial charge in [-0.1, -0.05) is 18.7 Å². The fourth-order valence-corrected chi connectivity index (χ4v) is 0.891. The molecule has 0 fully saturated rings. The maximum Gasteiger partial charge on any atom is 0.266 e. The molecule has 3 nitrogen and oxygen atoms in total. The van der Waals surface area contributed by atoms with Crippen molar-refractivity contribution in [3.05, 3.63) is 39.9 Å². The predicted octanol–water partition coefficient (Wildman–Crippen LogP) is -0.463. The van der Waals surface area contributed by atoms with Crippen LogP contribution in [0.15, 0.2) is 23.6 Å². The lowest BCUT2D eigenvalue weighted by Crippen LogP contribution is -2.36. The van der Waals surface area contributed by atoms with E-state index in [9.17, 15) is 4.79 Å². The minimum Gasteiger partial charge on any atom is -0.320 e. The third-order valence-corrected chi connectivity index (χ3v) is 1.42.